The lowest BCUT2D eigenvalue weighted by Gasteiger charge is -2.26. The average Bonchev–Trinajstić information content (AvgIpc) is 3.18. The van der Waals surface area contributed by atoms with Gasteiger partial charge in [-0.1, -0.05) is 5.92 Å². The fourth-order valence-corrected chi connectivity index (χ4v) is 2.71. The molecule has 0 spiro atoms. The number of hydrogen-bond donors (Lipinski definition) is 2. The summed E-state index contributed by atoms with van der Waals surface area (Å²) in [5.74, 6) is 10.1. The van der Waals surface area contributed by atoms with Gasteiger partial charge >= 0.3 is 12.1 Å². The number of hydrogen-bond acceptors (Lipinski definition) is 6. The molecule has 2 atom stereocenters. The van der Waals surface area contributed by atoms with Gasteiger partial charge in [0, 0.05) is 24.4 Å². The van der Waals surface area contributed by atoms with E-state index in [4.69, 9.17) is 9.47 Å². The van der Waals surface area contributed by atoms with Crippen LogP contribution in [0.2, 0.25) is 0 Å². The Morgan fingerprint density at radius 2 is 1.65 bits per heavy atom. The normalized spacial score (nSPS) is 12.1. The zero-order valence-corrected chi connectivity index (χ0v) is 20.1. The first kappa shape index (κ1) is 26.0. The molecule has 0 aliphatic carbocycles. The number of aromatic nitrogens is 2. The lowest BCUT2D eigenvalue weighted by atomic mass is 10.1. The van der Waals surface area contributed by atoms with Crippen LogP contribution in [-0.2, 0) is 21.3 Å². The summed E-state index contributed by atoms with van der Waals surface area (Å²) in [6.07, 6.45) is 2.72. The summed E-state index contributed by atoms with van der Waals surface area (Å²) >= 11 is 0. The molecule has 2 N–H and O–H groups in total. The lowest BCUT2D eigenvalue weighted by Crippen LogP contribution is -2.55. The molecule has 178 valence electrons. The van der Waals surface area contributed by atoms with E-state index in [1.54, 1.807) is 76.1 Å². The first-order valence-corrected chi connectivity index (χ1v) is 10.5. The maximum Gasteiger partial charge on any atom is 0.407 e. The Kier molecular flexibility index (Phi) is 8.86. The zero-order valence-electron chi connectivity index (χ0n) is 20.1. The second kappa shape index (κ2) is 11.6. The average molecular weight is 465 g/mol. The van der Waals surface area contributed by atoms with Crippen molar-refractivity contribution < 1.29 is 23.9 Å². The highest BCUT2D eigenvalue weighted by molar-refractivity contribution is 5.97. The van der Waals surface area contributed by atoms with Gasteiger partial charge in [0.15, 0.2) is 0 Å². The molecule has 0 saturated heterocycles. The molecule has 9 heteroatoms. The van der Waals surface area contributed by atoms with Gasteiger partial charge in [-0.25, -0.2) is 9.59 Å². The summed E-state index contributed by atoms with van der Waals surface area (Å²) in [4.78, 5) is 37.0. The number of nitrogens with zero attached hydrogens (tertiary/aromatic N) is 2. The van der Waals surface area contributed by atoms with Crippen molar-refractivity contribution in [1.29, 1.82) is 0 Å². The maximum absolute atomic E-state index is 12.7. The fraction of sp³-hybridized carbons (Fsp3) is 0.360. The van der Waals surface area contributed by atoms with Crippen LogP contribution in [-0.4, -0.2) is 52.5 Å². The van der Waals surface area contributed by atoms with E-state index in [0.717, 1.165) is 5.56 Å². The number of nitrogens with one attached hydrogen (secondary N) is 2. The van der Waals surface area contributed by atoms with Gasteiger partial charge < -0.3 is 20.1 Å². The molecule has 0 bridgehead atoms. The summed E-state index contributed by atoms with van der Waals surface area (Å²) < 4.78 is 11.6. The summed E-state index contributed by atoms with van der Waals surface area (Å²) in [5, 5.41) is 9.17. The number of carbonyl (C=O) groups is 3. The van der Waals surface area contributed by atoms with Crippen molar-refractivity contribution in [3.05, 3.63) is 53.3 Å². The second-order valence-electron chi connectivity index (χ2n) is 8.39. The van der Waals surface area contributed by atoms with Gasteiger partial charge in [0.25, 0.3) is 5.91 Å². The van der Waals surface area contributed by atoms with Crippen LogP contribution < -0.4 is 10.6 Å². The van der Waals surface area contributed by atoms with Gasteiger partial charge in [0.1, 0.15) is 11.6 Å². The van der Waals surface area contributed by atoms with E-state index >= 15 is 0 Å². The molecule has 9 nitrogen and oxygen atoms in total. The van der Waals surface area contributed by atoms with Crippen molar-refractivity contribution in [3.8, 4) is 23.7 Å². The Balaban J connectivity index is 2.04. The number of rotatable bonds is 5. The van der Waals surface area contributed by atoms with Crippen molar-refractivity contribution in [1.82, 2.24) is 20.4 Å². The number of methoxy groups -OCH3 is 1. The topological polar surface area (TPSA) is 112 Å². The Labute approximate surface area is 199 Å². The first-order valence-electron chi connectivity index (χ1n) is 10.5. The van der Waals surface area contributed by atoms with Crippen LogP contribution in [0.15, 0.2) is 36.7 Å². The summed E-state index contributed by atoms with van der Waals surface area (Å²) in [5.41, 5.74) is 1.04. The van der Waals surface area contributed by atoms with Gasteiger partial charge in [-0.15, -0.1) is 0 Å². The predicted molar refractivity (Wildman–Crippen MR) is 126 cm³/mol. The number of alkyl carbamates (subject to hydrolysis) is 1. The van der Waals surface area contributed by atoms with E-state index < -0.39 is 35.7 Å². The highest BCUT2D eigenvalue weighted by Crippen LogP contribution is 2.09. The SMILES string of the molecule is COC(=O)[C@@H](NC(=O)c1ccc(C#CC#Cc2cnn(C)c2)cc1)[C@@H](C)NC(=O)OC(C)(C)C. The molecule has 0 fully saturated rings. The molecular formula is C25H28N4O5. The molecule has 2 amide bonds. The molecule has 0 aliphatic heterocycles. The second-order valence-corrected chi connectivity index (χ2v) is 8.39. The van der Waals surface area contributed by atoms with E-state index in [2.05, 4.69) is 39.4 Å². The van der Waals surface area contributed by atoms with Crippen LogP contribution in [0.25, 0.3) is 0 Å². The molecule has 2 rings (SSSR count). The van der Waals surface area contributed by atoms with Gasteiger partial charge in [0.2, 0.25) is 0 Å². The molecule has 0 saturated carbocycles. The van der Waals surface area contributed by atoms with Crippen LogP contribution in [0, 0.1) is 23.7 Å². The van der Waals surface area contributed by atoms with Crippen LogP contribution in [0.3, 0.4) is 0 Å². The van der Waals surface area contributed by atoms with E-state index in [9.17, 15) is 14.4 Å². The van der Waals surface area contributed by atoms with Crippen LogP contribution in [0.4, 0.5) is 4.79 Å². The van der Waals surface area contributed by atoms with E-state index in [0.29, 0.717) is 11.1 Å². The number of ether oxygens (including phenoxy) is 2. The standard InChI is InChI=1S/C25H28N4O5/c1-17(27-24(32)34-25(2,3)4)21(23(31)33-6)28-22(30)20-13-11-18(12-14-20)9-7-8-10-19-15-26-29(5)16-19/h11-17,21H,1-6H3,(H,27,32)(H,28,30)/t17-,21+/m1/s1. The predicted octanol–water partition coefficient (Wildman–Crippen LogP) is 2.01. The molecule has 34 heavy (non-hydrogen) atoms. The zero-order chi connectivity index (χ0) is 25.3. The Hall–Kier alpha value is -4.24. The fourth-order valence-electron chi connectivity index (χ4n) is 2.71. The maximum atomic E-state index is 12.7. The Bertz CT molecular complexity index is 1150. The first-order chi connectivity index (χ1) is 16.0. The van der Waals surface area contributed by atoms with Gasteiger partial charge in [-0.2, -0.15) is 5.10 Å². The van der Waals surface area contributed by atoms with Gasteiger partial charge in [-0.05, 0) is 69.7 Å². The molecule has 1 heterocycles. The Morgan fingerprint density at radius 3 is 2.18 bits per heavy atom. The molecule has 0 radical (unpaired) electrons. The van der Waals surface area contributed by atoms with Crippen LogP contribution >= 0.6 is 0 Å². The lowest BCUT2D eigenvalue weighted by molar-refractivity contribution is -0.143. The van der Waals surface area contributed by atoms with Crippen molar-refractivity contribution in [2.24, 2.45) is 7.05 Å². The Morgan fingerprint density at radius 1 is 1.03 bits per heavy atom. The molecule has 0 unspecified atom stereocenters. The minimum absolute atomic E-state index is 0.311. The summed E-state index contributed by atoms with van der Waals surface area (Å²) in [6.45, 7) is 6.73. The smallest absolute Gasteiger partial charge is 0.407 e. The molecule has 1 aromatic heterocycles. The minimum Gasteiger partial charge on any atom is -0.467 e. The third kappa shape index (κ3) is 8.36. The quantitative estimate of drug-likeness (QED) is 0.517. The van der Waals surface area contributed by atoms with E-state index in [1.807, 2.05) is 0 Å². The van der Waals surface area contributed by atoms with Crippen LogP contribution in [0.1, 0.15) is 49.2 Å². The number of esters is 1. The van der Waals surface area contributed by atoms with Crippen molar-refractivity contribution in [2.75, 3.05) is 7.11 Å². The molecule has 1 aromatic carbocycles. The third-order valence-electron chi connectivity index (χ3n) is 4.31. The largest absolute Gasteiger partial charge is 0.467 e. The monoisotopic (exact) mass is 464 g/mol. The molecule has 0 aliphatic rings. The summed E-state index contributed by atoms with van der Waals surface area (Å²) in [6, 6.07) is 4.59. The van der Waals surface area contributed by atoms with E-state index in [-0.39, 0.29) is 0 Å². The van der Waals surface area contributed by atoms with Crippen molar-refractivity contribution >= 4 is 18.0 Å². The highest BCUT2D eigenvalue weighted by Gasteiger charge is 2.30. The minimum atomic E-state index is -1.12. The van der Waals surface area contributed by atoms with Gasteiger partial charge in [0.05, 0.1) is 24.9 Å². The summed E-state index contributed by atoms with van der Waals surface area (Å²) in [7, 11) is 3.01. The van der Waals surface area contributed by atoms with E-state index in [1.165, 1.54) is 7.11 Å². The van der Waals surface area contributed by atoms with Crippen molar-refractivity contribution in [3.63, 3.8) is 0 Å². The number of benzene rings is 1. The van der Waals surface area contributed by atoms with Crippen LogP contribution in [0.5, 0.6) is 0 Å². The molecule has 2 aromatic rings. The number of carbonyl (C=O) groups excluding carboxylic acids is 3. The van der Waals surface area contributed by atoms with Crippen molar-refractivity contribution in [2.45, 2.75) is 45.4 Å². The highest BCUT2D eigenvalue weighted by atomic mass is 16.6. The molecular weight excluding hydrogens is 436 g/mol. The third-order valence-corrected chi connectivity index (χ3v) is 4.31. The van der Waals surface area contributed by atoms with Gasteiger partial charge in [-0.3, -0.25) is 9.48 Å². The number of amides is 2. The number of aryl methyl sites for hydroxylation is 1.